The maximum absolute atomic E-state index is 13.4. The van der Waals surface area contributed by atoms with Gasteiger partial charge in [0.15, 0.2) is 0 Å². The first-order valence-electron chi connectivity index (χ1n) is 5.63. The summed E-state index contributed by atoms with van der Waals surface area (Å²) in [6.45, 7) is -0.802. The smallest absolute Gasteiger partial charge is 0.352 e. The summed E-state index contributed by atoms with van der Waals surface area (Å²) >= 11 is 0. The van der Waals surface area contributed by atoms with Crippen LogP contribution in [-0.4, -0.2) is 56.2 Å². The quantitative estimate of drug-likeness (QED) is 0.500. The zero-order chi connectivity index (χ0) is 15.1. The average Bonchev–Trinajstić information content (AvgIpc) is 2.64. The average molecular weight is 293 g/mol. The van der Waals surface area contributed by atoms with Crippen LogP contribution < -0.4 is 11.4 Å². The van der Waals surface area contributed by atoms with Gasteiger partial charge < -0.3 is 25.8 Å². The summed E-state index contributed by atoms with van der Waals surface area (Å²) in [7, 11) is 0. The first kappa shape index (κ1) is 14.8. The van der Waals surface area contributed by atoms with Gasteiger partial charge in [0.2, 0.25) is 5.72 Å². The number of nitrogen functional groups attached to an aromatic ring is 1. The summed E-state index contributed by atoms with van der Waals surface area (Å²) in [5.41, 5.74) is 1.26. The number of ether oxygens (including phenoxy) is 1. The first-order valence-corrected chi connectivity index (χ1v) is 5.63. The van der Waals surface area contributed by atoms with E-state index >= 15 is 0 Å². The van der Waals surface area contributed by atoms with Crippen LogP contribution in [0.4, 0.5) is 14.6 Å². The minimum Gasteiger partial charge on any atom is -0.394 e. The van der Waals surface area contributed by atoms with Crippen LogP contribution in [0.5, 0.6) is 0 Å². The van der Waals surface area contributed by atoms with Crippen molar-refractivity contribution in [1.82, 2.24) is 9.55 Å². The van der Waals surface area contributed by atoms with Crippen molar-refractivity contribution in [1.29, 1.82) is 0 Å². The van der Waals surface area contributed by atoms with Crippen molar-refractivity contribution in [2.24, 2.45) is 0 Å². The highest BCUT2D eigenvalue weighted by Gasteiger charge is 2.61. The topological polar surface area (TPSA) is 131 Å². The van der Waals surface area contributed by atoms with Crippen molar-refractivity contribution in [3.63, 3.8) is 0 Å². The fraction of sp³-hybridized carbons (Fsp3) is 0.600. The lowest BCUT2D eigenvalue weighted by Crippen LogP contribution is -2.55. The number of aliphatic hydroxyl groups excluding tert-OH is 3. The molecule has 0 saturated carbocycles. The Bertz CT molecular complexity index is 554. The number of nitrogens with two attached hydrogens (primary N) is 1. The van der Waals surface area contributed by atoms with Crippen LogP contribution in [0.2, 0.25) is 0 Å². The molecule has 0 aromatic carbocycles. The van der Waals surface area contributed by atoms with Crippen molar-refractivity contribution in [3.05, 3.63) is 22.7 Å². The van der Waals surface area contributed by atoms with Crippen molar-refractivity contribution >= 4 is 5.82 Å². The fourth-order valence-corrected chi connectivity index (χ4v) is 2.14. The summed E-state index contributed by atoms with van der Waals surface area (Å²) in [5, 5.41) is 28.4. The van der Waals surface area contributed by atoms with Gasteiger partial charge in [0.1, 0.15) is 24.1 Å². The van der Waals surface area contributed by atoms with Crippen LogP contribution >= 0.6 is 0 Å². The van der Waals surface area contributed by atoms with Gasteiger partial charge in [-0.3, -0.25) is 4.57 Å². The van der Waals surface area contributed by atoms with Gasteiger partial charge in [0.05, 0.1) is 6.61 Å². The van der Waals surface area contributed by atoms with E-state index in [1.807, 2.05) is 0 Å². The number of hydrogen-bond acceptors (Lipinski definition) is 7. The second kappa shape index (κ2) is 5.05. The standard InChI is InChI=1S/C10H13F2N3O5/c11-8(12)10(7(18)6(17)4(3-16)20-10)15-2-1-5(13)14-9(15)19/h1-2,4,6-8,16-18H,3H2,(H2,13,14,19)/t4-,6-,7-,10+/m1/s1. The Morgan fingerprint density at radius 1 is 1.55 bits per heavy atom. The summed E-state index contributed by atoms with van der Waals surface area (Å²) < 4.78 is 32.0. The summed E-state index contributed by atoms with van der Waals surface area (Å²) in [6, 6.07) is 1.07. The SMILES string of the molecule is Nc1ccn([C@]2(C(F)F)O[C@H](CO)[C@@H](O)[C@H]2O)c(=O)n1. The minimum absolute atomic E-state index is 0.192. The van der Waals surface area contributed by atoms with Crippen LogP contribution in [0, 0.1) is 0 Å². The molecule has 0 aliphatic carbocycles. The minimum atomic E-state index is -3.35. The van der Waals surface area contributed by atoms with Gasteiger partial charge in [-0.2, -0.15) is 4.98 Å². The predicted octanol–water partition coefficient (Wildman–Crippen LogP) is -2.14. The largest absolute Gasteiger partial charge is 0.394 e. The van der Waals surface area contributed by atoms with Crippen LogP contribution in [0.25, 0.3) is 0 Å². The molecule has 1 aromatic heterocycles. The molecule has 5 N–H and O–H groups in total. The first-order chi connectivity index (χ1) is 9.34. The molecule has 112 valence electrons. The maximum Gasteiger partial charge on any atom is 0.352 e. The van der Waals surface area contributed by atoms with E-state index < -0.39 is 42.8 Å². The van der Waals surface area contributed by atoms with E-state index in [9.17, 15) is 23.8 Å². The molecule has 0 amide bonds. The molecule has 8 nitrogen and oxygen atoms in total. The number of aromatic nitrogens is 2. The Balaban J connectivity index is 2.59. The lowest BCUT2D eigenvalue weighted by Gasteiger charge is -2.32. The van der Waals surface area contributed by atoms with E-state index in [-0.39, 0.29) is 5.82 Å². The highest BCUT2D eigenvalue weighted by Crippen LogP contribution is 2.39. The molecule has 10 heteroatoms. The van der Waals surface area contributed by atoms with Crippen LogP contribution in [0.15, 0.2) is 17.1 Å². The van der Waals surface area contributed by atoms with Gasteiger partial charge in [0.25, 0.3) is 6.43 Å². The highest BCUT2D eigenvalue weighted by atomic mass is 19.3. The third kappa shape index (κ3) is 1.97. The summed E-state index contributed by atoms with van der Waals surface area (Å²) in [5.74, 6) is -0.192. The normalized spacial score (nSPS) is 33.8. The molecule has 2 heterocycles. The van der Waals surface area contributed by atoms with Gasteiger partial charge >= 0.3 is 5.69 Å². The van der Waals surface area contributed by atoms with Crippen molar-refractivity contribution in [2.45, 2.75) is 30.5 Å². The number of hydrogen-bond donors (Lipinski definition) is 4. The second-order valence-electron chi connectivity index (χ2n) is 4.33. The third-order valence-corrected chi connectivity index (χ3v) is 3.16. The van der Waals surface area contributed by atoms with E-state index in [0.29, 0.717) is 4.57 Å². The van der Waals surface area contributed by atoms with Gasteiger partial charge in [0, 0.05) is 6.20 Å². The zero-order valence-electron chi connectivity index (χ0n) is 10.1. The van der Waals surface area contributed by atoms with Gasteiger partial charge in [-0.05, 0) is 6.07 Å². The van der Waals surface area contributed by atoms with E-state index in [0.717, 1.165) is 12.3 Å². The Hall–Kier alpha value is -1.62. The summed E-state index contributed by atoms with van der Waals surface area (Å²) in [4.78, 5) is 15.0. The lowest BCUT2D eigenvalue weighted by molar-refractivity contribution is -0.223. The van der Waals surface area contributed by atoms with E-state index in [1.165, 1.54) is 0 Å². The van der Waals surface area contributed by atoms with E-state index in [1.54, 1.807) is 0 Å². The van der Waals surface area contributed by atoms with Crippen molar-refractivity contribution in [3.8, 4) is 0 Å². The molecule has 0 bridgehead atoms. The fourth-order valence-electron chi connectivity index (χ4n) is 2.14. The molecule has 1 aliphatic rings. The molecule has 1 aromatic rings. The zero-order valence-corrected chi connectivity index (χ0v) is 10.1. The Morgan fingerprint density at radius 2 is 2.20 bits per heavy atom. The Kier molecular flexibility index (Phi) is 3.73. The monoisotopic (exact) mass is 293 g/mol. The summed E-state index contributed by atoms with van der Waals surface area (Å²) in [6.07, 6.45) is -7.83. The molecule has 1 saturated heterocycles. The number of anilines is 1. The Labute approximate surface area is 111 Å². The van der Waals surface area contributed by atoms with E-state index in [4.69, 9.17) is 15.6 Å². The molecule has 1 aliphatic heterocycles. The third-order valence-electron chi connectivity index (χ3n) is 3.16. The van der Waals surface area contributed by atoms with Crippen molar-refractivity contribution < 1.29 is 28.8 Å². The predicted molar refractivity (Wildman–Crippen MR) is 60.9 cm³/mol. The molecular formula is C10H13F2N3O5. The maximum atomic E-state index is 13.4. The Morgan fingerprint density at radius 3 is 2.65 bits per heavy atom. The molecule has 0 spiro atoms. The van der Waals surface area contributed by atoms with Gasteiger partial charge in [-0.1, -0.05) is 0 Å². The molecule has 1 fully saturated rings. The molecule has 0 unspecified atom stereocenters. The lowest BCUT2D eigenvalue weighted by atomic mass is 10.0. The van der Waals surface area contributed by atoms with Crippen LogP contribution in [0.1, 0.15) is 0 Å². The molecule has 0 radical (unpaired) electrons. The number of alkyl halides is 2. The molecule has 20 heavy (non-hydrogen) atoms. The number of nitrogens with zero attached hydrogens (tertiary/aromatic N) is 2. The van der Waals surface area contributed by atoms with Gasteiger partial charge in [-0.15, -0.1) is 0 Å². The highest BCUT2D eigenvalue weighted by molar-refractivity contribution is 5.24. The molecule has 4 atom stereocenters. The van der Waals surface area contributed by atoms with Crippen LogP contribution in [0.3, 0.4) is 0 Å². The number of rotatable bonds is 3. The molecule has 2 rings (SSSR count). The second-order valence-corrected chi connectivity index (χ2v) is 4.33. The van der Waals surface area contributed by atoms with E-state index in [2.05, 4.69) is 4.98 Å². The van der Waals surface area contributed by atoms with Crippen LogP contribution in [-0.2, 0) is 10.5 Å². The van der Waals surface area contributed by atoms with Gasteiger partial charge in [-0.25, -0.2) is 13.6 Å². The number of aliphatic hydroxyl groups is 3. The number of halogens is 2. The van der Waals surface area contributed by atoms with Crippen molar-refractivity contribution in [2.75, 3.05) is 12.3 Å². The molecular weight excluding hydrogens is 280 g/mol.